The SMILES string of the molecule is N[C@@H]1CC[C@@H](C(=O)N2CCC[C@@H](Cn3cncn3)C2)C1. The van der Waals surface area contributed by atoms with Crippen molar-refractivity contribution < 1.29 is 4.79 Å². The quantitative estimate of drug-likeness (QED) is 0.879. The van der Waals surface area contributed by atoms with Crippen molar-refractivity contribution in [3.8, 4) is 0 Å². The Morgan fingerprint density at radius 2 is 2.25 bits per heavy atom. The summed E-state index contributed by atoms with van der Waals surface area (Å²) in [5, 5.41) is 4.15. The normalized spacial score (nSPS) is 30.6. The zero-order chi connectivity index (χ0) is 13.9. The summed E-state index contributed by atoms with van der Waals surface area (Å²) in [6, 6.07) is 0.222. The van der Waals surface area contributed by atoms with E-state index in [1.807, 2.05) is 9.58 Å². The Hall–Kier alpha value is -1.43. The minimum absolute atomic E-state index is 0.162. The summed E-state index contributed by atoms with van der Waals surface area (Å²) in [6.07, 6.45) is 8.38. The van der Waals surface area contributed by atoms with Crippen LogP contribution in [0.4, 0.5) is 0 Å². The van der Waals surface area contributed by atoms with E-state index in [9.17, 15) is 4.79 Å². The third-order valence-corrected chi connectivity index (χ3v) is 4.56. The van der Waals surface area contributed by atoms with Gasteiger partial charge in [-0.05, 0) is 38.0 Å². The minimum atomic E-state index is 0.162. The molecule has 0 spiro atoms. The number of carbonyl (C=O) groups excluding carboxylic acids is 1. The van der Waals surface area contributed by atoms with Crippen molar-refractivity contribution in [3.63, 3.8) is 0 Å². The largest absolute Gasteiger partial charge is 0.342 e. The van der Waals surface area contributed by atoms with Crippen LogP contribution < -0.4 is 5.73 Å². The van der Waals surface area contributed by atoms with Gasteiger partial charge in [0.05, 0.1) is 0 Å². The topological polar surface area (TPSA) is 77.0 Å². The maximum Gasteiger partial charge on any atom is 0.225 e. The lowest BCUT2D eigenvalue weighted by atomic mass is 9.96. The van der Waals surface area contributed by atoms with Gasteiger partial charge in [-0.15, -0.1) is 0 Å². The molecule has 2 heterocycles. The van der Waals surface area contributed by atoms with Gasteiger partial charge in [-0.1, -0.05) is 0 Å². The summed E-state index contributed by atoms with van der Waals surface area (Å²) in [5.74, 6) is 0.973. The van der Waals surface area contributed by atoms with Crippen molar-refractivity contribution in [3.05, 3.63) is 12.7 Å². The predicted octanol–water partition coefficient (Wildman–Crippen LogP) is 0.644. The Balaban J connectivity index is 1.56. The van der Waals surface area contributed by atoms with Gasteiger partial charge in [0.2, 0.25) is 5.91 Å². The Bertz CT molecular complexity index is 446. The van der Waals surface area contributed by atoms with Crippen LogP contribution in [0.15, 0.2) is 12.7 Å². The zero-order valence-corrected chi connectivity index (χ0v) is 11.8. The first-order valence-corrected chi connectivity index (χ1v) is 7.59. The molecule has 1 saturated heterocycles. The molecule has 110 valence electrons. The van der Waals surface area contributed by atoms with Crippen molar-refractivity contribution in [1.29, 1.82) is 0 Å². The summed E-state index contributed by atoms with van der Waals surface area (Å²) in [4.78, 5) is 18.5. The second kappa shape index (κ2) is 5.91. The summed E-state index contributed by atoms with van der Waals surface area (Å²) < 4.78 is 1.87. The molecule has 0 aromatic carbocycles. The van der Waals surface area contributed by atoms with Crippen LogP contribution in [0.5, 0.6) is 0 Å². The fourth-order valence-corrected chi connectivity index (χ4v) is 3.50. The van der Waals surface area contributed by atoms with Gasteiger partial charge in [-0.2, -0.15) is 5.10 Å². The third kappa shape index (κ3) is 3.00. The van der Waals surface area contributed by atoms with E-state index in [2.05, 4.69) is 10.1 Å². The lowest BCUT2D eigenvalue weighted by Gasteiger charge is -2.34. The zero-order valence-electron chi connectivity index (χ0n) is 11.8. The third-order valence-electron chi connectivity index (χ3n) is 4.56. The average molecular weight is 277 g/mol. The van der Waals surface area contributed by atoms with Crippen LogP contribution in [0.3, 0.4) is 0 Å². The smallest absolute Gasteiger partial charge is 0.225 e. The molecule has 0 unspecified atom stereocenters. The maximum atomic E-state index is 12.5. The number of nitrogens with zero attached hydrogens (tertiary/aromatic N) is 4. The molecule has 1 saturated carbocycles. The first-order valence-electron chi connectivity index (χ1n) is 7.59. The first kappa shape index (κ1) is 13.5. The molecule has 0 radical (unpaired) electrons. The Morgan fingerprint density at radius 3 is 2.95 bits per heavy atom. The van der Waals surface area contributed by atoms with E-state index < -0.39 is 0 Å². The number of rotatable bonds is 3. The van der Waals surface area contributed by atoms with E-state index in [4.69, 9.17) is 5.73 Å². The molecular formula is C14H23N5O. The number of nitrogens with two attached hydrogens (primary N) is 1. The lowest BCUT2D eigenvalue weighted by molar-refractivity contribution is -0.137. The van der Waals surface area contributed by atoms with Gasteiger partial charge >= 0.3 is 0 Å². The van der Waals surface area contributed by atoms with Crippen LogP contribution in [0.1, 0.15) is 32.1 Å². The summed E-state index contributed by atoms with van der Waals surface area (Å²) in [5.41, 5.74) is 5.92. The van der Waals surface area contributed by atoms with Crippen LogP contribution in [0, 0.1) is 11.8 Å². The Kier molecular flexibility index (Phi) is 4.00. The molecule has 1 aromatic heterocycles. The number of hydrogen-bond acceptors (Lipinski definition) is 4. The van der Waals surface area contributed by atoms with E-state index in [-0.39, 0.29) is 12.0 Å². The van der Waals surface area contributed by atoms with Gasteiger partial charge in [0.1, 0.15) is 12.7 Å². The van der Waals surface area contributed by atoms with Gasteiger partial charge in [0, 0.05) is 31.6 Å². The molecule has 6 heteroatoms. The minimum Gasteiger partial charge on any atom is -0.342 e. The molecular weight excluding hydrogens is 254 g/mol. The molecule has 2 fully saturated rings. The monoisotopic (exact) mass is 277 g/mol. The van der Waals surface area contributed by atoms with Crippen molar-refractivity contribution in [2.24, 2.45) is 17.6 Å². The van der Waals surface area contributed by atoms with Gasteiger partial charge in [0.15, 0.2) is 0 Å². The Labute approximate surface area is 119 Å². The first-order chi connectivity index (χ1) is 9.72. The number of likely N-dealkylation sites (tertiary alicyclic amines) is 1. The summed E-state index contributed by atoms with van der Waals surface area (Å²) in [6.45, 7) is 2.61. The number of hydrogen-bond donors (Lipinski definition) is 1. The van der Waals surface area contributed by atoms with E-state index in [1.165, 1.54) is 0 Å². The van der Waals surface area contributed by atoms with Crippen molar-refractivity contribution in [1.82, 2.24) is 19.7 Å². The molecule has 0 bridgehead atoms. The highest BCUT2D eigenvalue weighted by Gasteiger charge is 2.33. The summed E-state index contributed by atoms with van der Waals surface area (Å²) >= 11 is 0. The van der Waals surface area contributed by atoms with Gasteiger partial charge in [-0.3, -0.25) is 9.48 Å². The van der Waals surface area contributed by atoms with Crippen molar-refractivity contribution in [2.45, 2.75) is 44.7 Å². The number of aromatic nitrogens is 3. The standard InChI is InChI=1S/C14H23N5O/c15-13-4-3-12(6-13)14(20)18-5-1-2-11(7-18)8-19-10-16-9-17-19/h9-13H,1-8,15H2/t11-,12-,13-/m1/s1. The number of carbonyl (C=O) groups is 1. The molecule has 20 heavy (non-hydrogen) atoms. The van der Waals surface area contributed by atoms with E-state index in [0.29, 0.717) is 11.8 Å². The van der Waals surface area contributed by atoms with Gasteiger partial charge in [0.25, 0.3) is 0 Å². The lowest BCUT2D eigenvalue weighted by Crippen LogP contribution is -2.43. The van der Waals surface area contributed by atoms with Crippen LogP contribution in [0.2, 0.25) is 0 Å². The number of piperidine rings is 1. The van der Waals surface area contributed by atoms with Crippen LogP contribution in [-0.4, -0.2) is 44.7 Å². The molecule has 3 atom stereocenters. The van der Waals surface area contributed by atoms with E-state index >= 15 is 0 Å². The average Bonchev–Trinajstić information content (AvgIpc) is 3.10. The highest BCUT2D eigenvalue weighted by Crippen LogP contribution is 2.28. The molecule has 2 N–H and O–H groups in total. The van der Waals surface area contributed by atoms with Gasteiger partial charge < -0.3 is 10.6 Å². The molecule has 1 aromatic rings. The predicted molar refractivity (Wildman–Crippen MR) is 74.6 cm³/mol. The van der Waals surface area contributed by atoms with Gasteiger partial charge in [-0.25, -0.2) is 4.98 Å². The molecule has 1 aliphatic carbocycles. The fraction of sp³-hybridized carbons (Fsp3) is 0.786. The highest BCUT2D eigenvalue weighted by atomic mass is 16.2. The molecule has 1 amide bonds. The van der Waals surface area contributed by atoms with Crippen LogP contribution in [-0.2, 0) is 11.3 Å². The van der Waals surface area contributed by atoms with Crippen LogP contribution in [0.25, 0.3) is 0 Å². The molecule has 2 aliphatic rings. The highest BCUT2D eigenvalue weighted by molar-refractivity contribution is 5.79. The number of amides is 1. The second-order valence-corrected chi connectivity index (χ2v) is 6.18. The van der Waals surface area contributed by atoms with Crippen molar-refractivity contribution >= 4 is 5.91 Å². The van der Waals surface area contributed by atoms with Crippen LogP contribution >= 0.6 is 0 Å². The second-order valence-electron chi connectivity index (χ2n) is 6.18. The van der Waals surface area contributed by atoms with Crippen molar-refractivity contribution in [2.75, 3.05) is 13.1 Å². The van der Waals surface area contributed by atoms with E-state index in [0.717, 1.165) is 51.7 Å². The molecule has 6 nitrogen and oxygen atoms in total. The molecule has 3 rings (SSSR count). The van der Waals surface area contributed by atoms with E-state index in [1.54, 1.807) is 12.7 Å². The Morgan fingerprint density at radius 1 is 1.35 bits per heavy atom. The molecule has 1 aliphatic heterocycles. The maximum absolute atomic E-state index is 12.5. The summed E-state index contributed by atoms with van der Waals surface area (Å²) in [7, 11) is 0. The fourth-order valence-electron chi connectivity index (χ4n) is 3.50.